The molecule has 138 valence electrons. The van der Waals surface area contributed by atoms with E-state index in [0.717, 1.165) is 16.8 Å². The summed E-state index contributed by atoms with van der Waals surface area (Å²) in [7, 11) is 1.87. The Labute approximate surface area is 152 Å². The number of aromatic nitrogens is 3. The molecule has 1 aromatic carbocycles. The number of nitrogens with zero attached hydrogens (tertiary/aromatic N) is 4. The first-order valence-electron chi connectivity index (χ1n) is 8.62. The van der Waals surface area contributed by atoms with Crippen molar-refractivity contribution in [3.63, 3.8) is 0 Å². The first-order valence-corrected chi connectivity index (χ1v) is 8.62. The lowest BCUT2D eigenvalue weighted by molar-refractivity contribution is -0.125. The Morgan fingerprint density at radius 2 is 1.96 bits per heavy atom. The highest BCUT2D eigenvalue weighted by molar-refractivity contribution is 6.02. The molecule has 0 aliphatic heterocycles. The van der Waals surface area contributed by atoms with Crippen LogP contribution >= 0.6 is 0 Å². The van der Waals surface area contributed by atoms with Crippen LogP contribution in [0.4, 0.5) is 17.5 Å². The lowest BCUT2D eigenvalue weighted by Crippen LogP contribution is -2.37. The van der Waals surface area contributed by atoms with Crippen LogP contribution in [0.25, 0.3) is 11.0 Å². The van der Waals surface area contributed by atoms with Gasteiger partial charge in [-0.2, -0.15) is 0 Å². The molecule has 2 heterocycles. The zero-order chi connectivity index (χ0) is 19.2. The summed E-state index contributed by atoms with van der Waals surface area (Å²) in [6.07, 6.45) is 0. The Morgan fingerprint density at radius 3 is 2.54 bits per heavy atom. The van der Waals surface area contributed by atoms with E-state index in [1.54, 1.807) is 12.1 Å². The maximum Gasteiger partial charge on any atom is 0.240 e. The van der Waals surface area contributed by atoms with Crippen molar-refractivity contribution in [2.24, 2.45) is 12.5 Å². The van der Waals surface area contributed by atoms with Gasteiger partial charge in [0.05, 0.1) is 11.0 Å². The van der Waals surface area contributed by atoms with E-state index in [1.807, 2.05) is 58.4 Å². The van der Waals surface area contributed by atoms with Crippen LogP contribution in [-0.4, -0.2) is 20.6 Å². The van der Waals surface area contributed by atoms with Crippen molar-refractivity contribution in [3.05, 3.63) is 30.0 Å². The molecule has 3 aromatic rings. The molecule has 0 saturated carbocycles. The van der Waals surface area contributed by atoms with Gasteiger partial charge in [0.2, 0.25) is 11.9 Å². The molecule has 0 fully saturated rings. The molecule has 2 N–H and O–H groups in total. The lowest BCUT2D eigenvalue weighted by Gasteiger charge is -2.26. The van der Waals surface area contributed by atoms with Gasteiger partial charge in [-0.15, -0.1) is 0 Å². The van der Waals surface area contributed by atoms with Crippen LogP contribution in [0, 0.1) is 5.41 Å². The molecule has 0 bridgehead atoms. The SMILES string of the molecule is CC(C)c1cc(N(C(=O)C(C)(C)C)c2nc3cc(N)ccc3n2C)no1. The van der Waals surface area contributed by atoms with E-state index >= 15 is 0 Å². The minimum Gasteiger partial charge on any atom is -0.399 e. The fraction of sp³-hybridized carbons (Fsp3) is 0.421. The van der Waals surface area contributed by atoms with Crippen LogP contribution in [0.2, 0.25) is 0 Å². The Hall–Kier alpha value is -2.83. The predicted octanol–water partition coefficient (Wildman–Crippen LogP) is 3.98. The standard InChI is InChI=1S/C19H25N5O2/c1-11(2)15-10-16(22-26-15)24(17(25)19(3,4)5)18-21-13-9-12(20)7-8-14(13)23(18)6/h7-11H,20H2,1-6H3. The summed E-state index contributed by atoms with van der Waals surface area (Å²) in [6, 6.07) is 7.29. The molecule has 3 rings (SSSR count). The van der Waals surface area contributed by atoms with E-state index < -0.39 is 5.41 Å². The van der Waals surface area contributed by atoms with Crippen molar-refractivity contribution in [2.45, 2.75) is 40.5 Å². The van der Waals surface area contributed by atoms with Gasteiger partial charge in [0.25, 0.3) is 0 Å². The topological polar surface area (TPSA) is 90.2 Å². The molecule has 1 amide bonds. The summed E-state index contributed by atoms with van der Waals surface area (Å²) in [4.78, 5) is 19.4. The van der Waals surface area contributed by atoms with Crippen LogP contribution in [0.3, 0.4) is 0 Å². The normalized spacial score (nSPS) is 12.1. The van der Waals surface area contributed by atoms with Crippen molar-refractivity contribution in [1.29, 1.82) is 0 Å². The van der Waals surface area contributed by atoms with Crippen molar-refractivity contribution in [3.8, 4) is 0 Å². The molecule has 0 saturated heterocycles. The average Bonchev–Trinajstić information content (AvgIpc) is 3.13. The van der Waals surface area contributed by atoms with Gasteiger partial charge < -0.3 is 14.8 Å². The third-order valence-corrected chi connectivity index (χ3v) is 4.24. The number of hydrogen-bond donors (Lipinski definition) is 1. The highest BCUT2D eigenvalue weighted by atomic mass is 16.5. The van der Waals surface area contributed by atoms with Gasteiger partial charge in [0, 0.05) is 30.1 Å². The largest absolute Gasteiger partial charge is 0.399 e. The Bertz CT molecular complexity index is 962. The summed E-state index contributed by atoms with van der Waals surface area (Å²) in [5.74, 6) is 1.68. The number of hydrogen-bond acceptors (Lipinski definition) is 5. The highest BCUT2D eigenvalue weighted by Crippen LogP contribution is 2.33. The summed E-state index contributed by atoms with van der Waals surface area (Å²) in [6.45, 7) is 9.63. The first kappa shape index (κ1) is 18.0. The van der Waals surface area contributed by atoms with Gasteiger partial charge in [-0.25, -0.2) is 9.88 Å². The molecular formula is C19H25N5O2. The molecule has 7 heteroatoms. The molecule has 2 aromatic heterocycles. The second kappa shape index (κ2) is 6.16. The smallest absolute Gasteiger partial charge is 0.240 e. The van der Waals surface area contributed by atoms with Gasteiger partial charge in [0.15, 0.2) is 5.82 Å². The molecule has 0 spiro atoms. The number of carbonyl (C=O) groups is 1. The summed E-state index contributed by atoms with van der Waals surface area (Å²) >= 11 is 0. The number of benzene rings is 1. The van der Waals surface area contributed by atoms with Gasteiger partial charge in [-0.3, -0.25) is 4.79 Å². The number of amides is 1. The number of nitrogen functional groups attached to an aromatic ring is 1. The maximum atomic E-state index is 13.2. The Kier molecular flexibility index (Phi) is 4.26. The fourth-order valence-electron chi connectivity index (χ4n) is 2.69. The van der Waals surface area contributed by atoms with Crippen LogP contribution in [0.15, 0.2) is 28.8 Å². The monoisotopic (exact) mass is 355 g/mol. The quantitative estimate of drug-likeness (QED) is 0.718. The second-order valence-corrected chi connectivity index (χ2v) is 7.85. The lowest BCUT2D eigenvalue weighted by atomic mass is 9.95. The van der Waals surface area contributed by atoms with Gasteiger partial charge >= 0.3 is 0 Å². The van der Waals surface area contributed by atoms with Crippen molar-refractivity contribution >= 4 is 34.4 Å². The van der Waals surface area contributed by atoms with Gasteiger partial charge in [0.1, 0.15) is 5.76 Å². The third-order valence-electron chi connectivity index (χ3n) is 4.24. The van der Waals surface area contributed by atoms with Gasteiger partial charge in [-0.1, -0.05) is 39.8 Å². The fourth-order valence-corrected chi connectivity index (χ4v) is 2.69. The first-order chi connectivity index (χ1) is 12.1. The second-order valence-electron chi connectivity index (χ2n) is 7.85. The van der Waals surface area contributed by atoms with Crippen LogP contribution in [0.1, 0.15) is 46.3 Å². The average molecular weight is 355 g/mol. The number of aryl methyl sites for hydroxylation is 1. The molecular weight excluding hydrogens is 330 g/mol. The molecule has 0 radical (unpaired) electrons. The molecule has 0 atom stereocenters. The maximum absolute atomic E-state index is 13.2. The van der Waals surface area contributed by atoms with Crippen LogP contribution in [0.5, 0.6) is 0 Å². The van der Waals surface area contributed by atoms with Crippen LogP contribution in [-0.2, 0) is 11.8 Å². The zero-order valence-electron chi connectivity index (χ0n) is 16.1. The van der Waals surface area contributed by atoms with E-state index in [0.29, 0.717) is 17.5 Å². The highest BCUT2D eigenvalue weighted by Gasteiger charge is 2.34. The van der Waals surface area contributed by atoms with E-state index in [-0.39, 0.29) is 11.8 Å². The minimum absolute atomic E-state index is 0.118. The number of anilines is 3. The molecule has 0 unspecified atom stereocenters. The van der Waals surface area contributed by atoms with E-state index in [1.165, 1.54) is 4.90 Å². The van der Waals surface area contributed by atoms with Gasteiger partial charge in [-0.05, 0) is 18.2 Å². The third kappa shape index (κ3) is 3.05. The number of imidazole rings is 1. The van der Waals surface area contributed by atoms with Crippen molar-refractivity contribution < 1.29 is 9.32 Å². The summed E-state index contributed by atoms with van der Waals surface area (Å²) in [5.41, 5.74) is 7.49. The Morgan fingerprint density at radius 1 is 1.27 bits per heavy atom. The number of nitrogens with two attached hydrogens (primary N) is 1. The zero-order valence-corrected chi connectivity index (χ0v) is 16.1. The molecule has 0 aliphatic rings. The Balaban J connectivity index is 2.20. The molecule has 7 nitrogen and oxygen atoms in total. The van der Waals surface area contributed by atoms with E-state index in [2.05, 4.69) is 10.1 Å². The molecule has 0 aliphatic carbocycles. The molecule has 26 heavy (non-hydrogen) atoms. The summed E-state index contributed by atoms with van der Waals surface area (Å²) < 4.78 is 7.29. The van der Waals surface area contributed by atoms with E-state index in [9.17, 15) is 4.79 Å². The number of rotatable bonds is 3. The van der Waals surface area contributed by atoms with Crippen molar-refractivity contribution in [2.75, 3.05) is 10.6 Å². The summed E-state index contributed by atoms with van der Waals surface area (Å²) in [5, 5.41) is 4.13. The predicted molar refractivity (Wildman–Crippen MR) is 102 cm³/mol. The number of fused-ring (bicyclic) bond motifs is 1. The minimum atomic E-state index is -0.617. The van der Waals surface area contributed by atoms with Crippen LogP contribution < -0.4 is 10.6 Å². The number of carbonyl (C=O) groups excluding carboxylic acids is 1. The van der Waals surface area contributed by atoms with Crippen molar-refractivity contribution in [1.82, 2.24) is 14.7 Å². The van der Waals surface area contributed by atoms with E-state index in [4.69, 9.17) is 10.3 Å².